The molecule has 0 amide bonds. The number of hydrogen-bond donors (Lipinski definition) is 1. The van der Waals surface area contributed by atoms with Gasteiger partial charge in [-0.2, -0.15) is 0 Å². The highest BCUT2D eigenvalue weighted by molar-refractivity contribution is 4.82. The summed E-state index contributed by atoms with van der Waals surface area (Å²) in [6.45, 7) is 12.1. The van der Waals surface area contributed by atoms with Crippen molar-refractivity contribution in [3.8, 4) is 0 Å². The first-order valence-corrected chi connectivity index (χ1v) is 7.12. The molecule has 3 nitrogen and oxygen atoms in total. The minimum Gasteiger partial charge on any atom is -0.329 e. The smallest absolute Gasteiger partial charge is 0.0249 e. The third kappa shape index (κ3) is 5.36. The SMILES string of the molecule is CCC(CC)C(CN)N(CC)C(C)CN(C)C. The summed E-state index contributed by atoms with van der Waals surface area (Å²) < 4.78 is 0. The van der Waals surface area contributed by atoms with Crippen LogP contribution in [0.15, 0.2) is 0 Å². The quantitative estimate of drug-likeness (QED) is 0.672. The fraction of sp³-hybridized carbons (Fsp3) is 1.00. The van der Waals surface area contributed by atoms with Crippen LogP contribution in [-0.2, 0) is 0 Å². The summed E-state index contributed by atoms with van der Waals surface area (Å²) in [5, 5.41) is 0. The van der Waals surface area contributed by atoms with E-state index in [4.69, 9.17) is 5.73 Å². The molecule has 0 aliphatic rings. The molecule has 0 aromatic rings. The van der Waals surface area contributed by atoms with Gasteiger partial charge in [-0.1, -0.05) is 33.6 Å². The van der Waals surface area contributed by atoms with Crippen molar-refractivity contribution in [2.75, 3.05) is 33.7 Å². The molecule has 2 unspecified atom stereocenters. The molecule has 0 bridgehead atoms. The zero-order valence-corrected chi connectivity index (χ0v) is 12.7. The summed E-state index contributed by atoms with van der Waals surface area (Å²) in [5.74, 6) is 0.726. The second-order valence-corrected chi connectivity index (χ2v) is 5.32. The Labute approximate surface area is 108 Å². The Hall–Kier alpha value is -0.120. The number of rotatable bonds is 9. The first-order chi connectivity index (χ1) is 8.01. The molecule has 0 fully saturated rings. The van der Waals surface area contributed by atoms with E-state index in [1.807, 2.05) is 0 Å². The van der Waals surface area contributed by atoms with Crippen molar-refractivity contribution in [1.82, 2.24) is 9.80 Å². The van der Waals surface area contributed by atoms with Crippen molar-refractivity contribution in [3.63, 3.8) is 0 Å². The topological polar surface area (TPSA) is 32.5 Å². The zero-order chi connectivity index (χ0) is 13.4. The fourth-order valence-corrected chi connectivity index (χ4v) is 2.94. The molecule has 0 aliphatic carbocycles. The number of nitrogens with zero attached hydrogens (tertiary/aromatic N) is 2. The van der Waals surface area contributed by atoms with Crippen LogP contribution in [-0.4, -0.2) is 55.6 Å². The van der Waals surface area contributed by atoms with E-state index in [1.54, 1.807) is 0 Å². The molecule has 17 heavy (non-hydrogen) atoms. The molecule has 0 spiro atoms. The summed E-state index contributed by atoms with van der Waals surface area (Å²) in [6.07, 6.45) is 2.45. The minimum absolute atomic E-state index is 0.532. The van der Waals surface area contributed by atoms with E-state index >= 15 is 0 Å². The maximum Gasteiger partial charge on any atom is 0.0249 e. The molecule has 2 atom stereocenters. The molecule has 0 rings (SSSR count). The maximum atomic E-state index is 6.01. The van der Waals surface area contributed by atoms with Crippen LogP contribution in [0.5, 0.6) is 0 Å². The molecule has 3 heteroatoms. The molecule has 0 aromatic heterocycles. The average Bonchev–Trinajstić information content (AvgIpc) is 2.28. The van der Waals surface area contributed by atoms with Crippen LogP contribution >= 0.6 is 0 Å². The zero-order valence-electron chi connectivity index (χ0n) is 12.7. The van der Waals surface area contributed by atoms with Crippen molar-refractivity contribution < 1.29 is 0 Å². The standard InChI is InChI=1S/C14H33N3/c1-7-13(8-2)14(10-15)17(9-3)12(4)11-16(5)6/h12-14H,7-11,15H2,1-6H3. The summed E-state index contributed by atoms with van der Waals surface area (Å²) in [6, 6.07) is 1.11. The van der Waals surface area contributed by atoms with Crippen LogP contribution in [0.3, 0.4) is 0 Å². The molecule has 104 valence electrons. The van der Waals surface area contributed by atoms with Crippen molar-refractivity contribution in [1.29, 1.82) is 0 Å². The van der Waals surface area contributed by atoms with Gasteiger partial charge in [0, 0.05) is 25.2 Å². The molecule has 0 heterocycles. The lowest BCUT2D eigenvalue weighted by atomic mass is 9.92. The predicted octanol–water partition coefficient (Wildman–Crippen LogP) is 2.02. The van der Waals surface area contributed by atoms with Crippen molar-refractivity contribution in [2.45, 2.75) is 52.6 Å². The maximum absolute atomic E-state index is 6.01. The Morgan fingerprint density at radius 3 is 1.88 bits per heavy atom. The van der Waals surface area contributed by atoms with E-state index in [1.165, 1.54) is 12.8 Å². The second-order valence-electron chi connectivity index (χ2n) is 5.32. The number of nitrogens with two attached hydrogens (primary N) is 1. The summed E-state index contributed by atoms with van der Waals surface area (Å²) >= 11 is 0. The van der Waals surface area contributed by atoms with Gasteiger partial charge >= 0.3 is 0 Å². The van der Waals surface area contributed by atoms with Gasteiger partial charge in [0.1, 0.15) is 0 Å². The van der Waals surface area contributed by atoms with Gasteiger partial charge in [0.15, 0.2) is 0 Å². The van der Waals surface area contributed by atoms with Gasteiger partial charge in [0.25, 0.3) is 0 Å². The Kier molecular flexibility index (Phi) is 8.83. The monoisotopic (exact) mass is 243 g/mol. The Balaban J connectivity index is 4.67. The van der Waals surface area contributed by atoms with Gasteiger partial charge in [0.05, 0.1) is 0 Å². The van der Waals surface area contributed by atoms with Crippen molar-refractivity contribution in [3.05, 3.63) is 0 Å². The minimum atomic E-state index is 0.532. The van der Waals surface area contributed by atoms with Gasteiger partial charge in [0.2, 0.25) is 0 Å². The van der Waals surface area contributed by atoms with Crippen LogP contribution in [0.2, 0.25) is 0 Å². The lowest BCUT2D eigenvalue weighted by Gasteiger charge is -2.40. The molecule has 0 saturated carbocycles. The summed E-state index contributed by atoms with van der Waals surface area (Å²) in [5.41, 5.74) is 6.01. The average molecular weight is 243 g/mol. The van der Waals surface area contributed by atoms with Crippen LogP contribution < -0.4 is 5.73 Å². The van der Waals surface area contributed by atoms with Gasteiger partial charge in [-0.25, -0.2) is 0 Å². The van der Waals surface area contributed by atoms with Gasteiger partial charge in [-0.15, -0.1) is 0 Å². The van der Waals surface area contributed by atoms with Crippen LogP contribution in [0.4, 0.5) is 0 Å². The molecule has 0 aliphatic heterocycles. The Morgan fingerprint density at radius 2 is 1.59 bits per heavy atom. The van der Waals surface area contributed by atoms with E-state index in [0.717, 1.165) is 25.6 Å². The third-order valence-electron chi connectivity index (χ3n) is 3.82. The summed E-state index contributed by atoms with van der Waals surface area (Å²) in [4.78, 5) is 4.84. The van der Waals surface area contributed by atoms with E-state index < -0.39 is 0 Å². The fourth-order valence-electron chi connectivity index (χ4n) is 2.94. The molecule has 0 radical (unpaired) electrons. The highest BCUT2D eigenvalue weighted by Gasteiger charge is 2.26. The molecule has 0 saturated heterocycles. The lowest BCUT2D eigenvalue weighted by Crippen LogP contribution is -2.52. The first kappa shape index (κ1) is 16.9. The van der Waals surface area contributed by atoms with E-state index in [0.29, 0.717) is 12.1 Å². The number of hydrogen-bond acceptors (Lipinski definition) is 3. The van der Waals surface area contributed by atoms with Crippen molar-refractivity contribution in [2.24, 2.45) is 11.7 Å². The van der Waals surface area contributed by atoms with E-state index in [2.05, 4.69) is 51.6 Å². The van der Waals surface area contributed by atoms with Gasteiger partial charge < -0.3 is 10.6 Å². The highest BCUT2D eigenvalue weighted by atomic mass is 15.2. The van der Waals surface area contributed by atoms with Gasteiger partial charge in [-0.05, 0) is 33.5 Å². The van der Waals surface area contributed by atoms with E-state index in [-0.39, 0.29) is 0 Å². The van der Waals surface area contributed by atoms with Gasteiger partial charge in [-0.3, -0.25) is 4.90 Å². The van der Waals surface area contributed by atoms with Crippen LogP contribution in [0.25, 0.3) is 0 Å². The summed E-state index contributed by atoms with van der Waals surface area (Å²) in [7, 11) is 4.28. The van der Waals surface area contributed by atoms with Crippen LogP contribution in [0.1, 0.15) is 40.5 Å². The molecular formula is C14H33N3. The predicted molar refractivity (Wildman–Crippen MR) is 77.3 cm³/mol. The van der Waals surface area contributed by atoms with E-state index in [9.17, 15) is 0 Å². The van der Waals surface area contributed by atoms with Crippen molar-refractivity contribution >= 4 is 0 Å². The second kappa shape index (κ2) is 8.90. The third-order valence-corrected chi connectivity index (χ3v) is 3.82. The Bertz CT molecular complexity index is 178. The highest BCUT2D eigenvalue weighted by Crippen LogP contribution is 2.20. The Morgan fingerprint density at radius 1 is 1.06 bits per heavy atom. The molecular weight excluding hydrogens is 210 g/mol. The number of likely N-dealkylation sites (N-methyl/N-ethyl adjacent to an activating group) is 2. The normalized spacial score (nSPS) is 15.9. The molecule has 0 aromatic carbocycles. The molecule has 2 N–H and O–H groups in total. The van der Waals surface area contributed by atoms with Crippen LogP contribution in [0, 0.1) is 5.92 Å². The lowest BCUT2D eigenvalue weighted by molar-refractivity contribution is 0.0897. The first-order valence-electron chi connectivity index (χ1n) is 7.12. The largest absolute Gasteiger partial charge is 0.329 e.